The lowest BCUT2D eigenvalue weighted by molar-refractivity contribution is 0.0943. The highest BCUT2D eigenvalue weighted by Gasteiger charge is 2.19. The number of hydrazine groups is 1. The van der Waals surface area contributed by atoms with Crippen LogP contribution in [0.1, 0.15) is 31.1 Å². The molecule has 1 aliphatic rings. The van der Waals surface area contributed by atoms with Crippen LogP contribution in [0.25, 0.3) is 0 Å². The molecule has 0 radical (unpaired) electrons. The highest BCUT2D eigenvalue weighted by atomic mass is 32.1. The Balaban J connectivity index is 1.66. The summed E-state index contributed by atoms with van der Waals surface area (Å²) in [4.78, 5) is 12.7. The molecule has 10 heteroatoms. The molecule has 1 aliphatic heterocycles. The second-order valence-electron chi connectivity index (χ2n) is 6.20. The minimum atomic E-state index is -0.417. The van der Waals surface area contributed by atoms with Gasteiger partial charge in [0.1, 0.15) is 0 Å². The summed E-state index contributed by atoms with van der Waals surface area (Å²) in [5.74, 6) is 2.21. The van der Waals surface area contributed by atoms with Gasteiger partial charge in [0.15, 0.2) is 28.1 Å². The van der Waals surface area contributed by atoms with E-state index in [1.54, 1.807) is 30.3 Å². The van der Waals surface area contributed by atoms with Crippen LogP contribution in [-0.2, 0) is 0 Å². The van der Waals surface area contributed by atoms with Crippen LogP contribution in [-0.4, -0.2) is 37.6 Å². The first-order chi connectivity index (χ1) is 15.0. The van der Waals surface area contributed by atoms with Crippen molar-refractivity contribution < 1.29 is 28.5 Å². The smallest absolute Gasteiger partial charge is 0.269 e. The lowest BCUT2D eigenvalue weighted by Gasteiger charge is -2.17. The van der Waals surface area contributed by atoms with Gasteiger partial charge in [-0.1, -0.05) is 0 Å². The molecule has 0 saturated heterocycles. The third kappa shape index (κ3) is 5.60. The first-order valence-corrected chi connectivity index (χ1v) is 10.3. The molecule has 0 unspecified atom stereocenters. The second kappa shape index (κ2) is 10.6. The summed E-state index contributed by atoms with van der Waals surface area (Å²) >= 11 is 5.24. The Hall–Kier alpha value is -3.40. The summed E-state index contributed by atoms with van der Waals surface area (Å²) < 4.78 is 27.6. The van der Waals surface area contributed by atoms with Gasteiger partial charge in [0, 0.05) is 17.3 Å². The van der Waals surface area contributed by atoms with Gasteiger partial charge in [-0.25, -0.2) is 0 Å². The van der Waals surface area contributed by atoms with E-state index in [-0.39, 0.29) is 11.9 Å². The molecular formula is C21H25N3O6S. The number of carbonyl (C=O) groups excluding carboxylic acids is 1. The van der Waals surface area contributed by atoms with Crippen molar-refractivity contribution >= 4 is 28.9 Å². The number of thiocarbonyl (C=S) groups is 1. The average Bonchev–Trinajstić information content (AvgIpc) is 3.22. The van der Waals surface area contributed by atoms with Gasteiger partial charge in [-0.2, -0.15) is 0 Å². The largest absolute Gasteiger partial charge is 0.490 e. The molecule has 2 aromatic rings. The highest BCUT2D eigenvalue weighted by molar-refractivity contribution is 7.80. The van der Waals surface area contributed by atoms with Crippen molar-refractivity contribution in [2.75, 3.05) is 31.9 Å². The van der Waals surface area contributed by atoms with Crippen LogP contribution >= 0.6 is 12.2 Å². The standard InChI is InChI=1S/C21H25N3O6S/c1-4-26-17-9-13(10-18(27-5-2)19(17)28-6-3)20(25)23-24-21(31)22-14-7-8-15-16(11-14)30-12-29-15/h7-11H,4-6,12H2,1-3H3,(H,23,25)(H2,22,24,31). The fourth-order valence-electron chi connectivity index (χ4n) is 2.84. The summed E-state index contributed by atoms with van der Waals surface area (Å²) in [6, 6.07) is 8.52. The average molecular weight is 448 g/mol. The second-order valence-corrected chi connectivity index (χ2v) is 6.61. The van der Waals surface area contributed by atoms with Gasteiger partial charge in [0.2, 0.25) is 12.5 Å². The predicted octanol–water partition coefficient (Wildman–Crippen LogP) is 3.24. The number of hydrogen-bond donors (Lipinski definition) is 3. The third-order valence-electron chi connectivity index (χ3n) is 4.09. The van der Waals surface area contributed by atoms with Crippen molar-refractivity contribution in [2.45, 2.75) is 20.8 Å². The van der Waals surface area contributed by atoms with E-state index in [0.717, 1.165) is 0 Å². The Morgan fingerprint density at radius 1 is 0.935 bits per heavy atom. The maximum absolute atomic E-state index is 12.7. The van der Waals surface area contributed by atoms with Crippen molar-refractivity contribution in [2.24, 2.45) is 0 Å². The zero-order valence-electron chi connectivity index (χ0n) is 17.6. The summed E-state index contributed by atoms with van der Waals surface area (Å²) in [5, 5.41) is 3.17. The Morgan fingerprint density at radius 3 is 2.23 bits per heavy atom. The van der Waals surface area contributed by atoms with Crippen LogP contribution in [0.2, 0.25) is 0 Å². The minimum Gasteiger partial charge on any atom is -0.490 e. The van der Waals surface area contributed by atoms with Gasteiger partial charge in [-0.3, -0.25) is 15.6 Å². The molecule has 0 saturated carbocycles. The highest BCUT2D eigenvalue weighted by Crippen LogP contribution is 2.39. The molecule has 31 heavy (non-hydrogen) atoms. The number of ether oxygens (including phenoxy) is 5. The molecule has 0 fully saturated rings. The maximum atomic E-state index is 12.7. The first-order valence-electron chi connectivity index (χ1n) is 9.89. The van der Waals surface area contributed by atoms with Gasteiger partial charge in [-0.05, 0) is 57.3 Å². The van der Waals surface area contributed by atoms with Crippen LogP contribution < -0.4 is 39.9 Å². The maximum Gasteiger partial charge on any atom is 0.269 e. The fourth-order valence-corrected chi connectivity index (χ4v) is 3.01. The quantitative estimate of drug-likeness (QED) is 0.416. The zero-order valence-corrected chi connectivity index (χ0v) is 18.4. The van der Waals surface area contributed by atoms with Crippen LogP contribution in [0, 0.1) is 0 Å². The lowest BCUT2D eigenvalue weighted by atomic mass is 10.1. The van der Waals surface area contributed by atoms with Crippen molar-refractivity contribution in [3.05, 3.63) is 35.9 Å². The van der Waals surface area contributed by atoms with Gasteiger partial charge in [-0.15, -0.1) is 0 Å². The van der Waals surface area contributed by atoms with Gasteiger partial charge in [0.05, 0.1) is 19.8 Å². The van der Waals surface area contributed by atoms with E-state index in [0.29, 0.717) is 59.8 Å². The molecule has 0 aliphatic carbocycles. The molecule has 0 aromatic heterocycles. The fraction of sp³-hybridized carbons (Fsp3) is 0.333. The van der Waals surface area contributed by atoms with Crippen LogP contribution in [0.3, 0.4) is 0 Å². The third-order valence-corrected chi connectivity index (χ3v) is 4.30. The van der Waals surface area contributed by atoms with Crippen molar-refractivity contribution in [1.82, 2.24) is 10.9 Å². The molecule has 1 heterocycles. The van der Waals surface area contributed by atoms with Gasteiger partial charge < -0.3 is 29.0 Å². The first kappa shape index (κ1) is 22.3. The molecule has 166 valence electrons. The van der Waals surface area contributed by atoms with E-state index < -0.39 is 5.91 Å². The molecule has 0 bridgehead atoms. The van der Waals surface area contributed by atoms with E-state index >= 15 is 0 Å². The summed E-state index contributed by atoms with van der Waals surface area (Å²) in [6.45, 7) is 7.02. The summed E-state index contributed by atoms with van der Waals surface area (Å²) in [5.41, 5.74) is 6.25. The molecule has 0 spiro atoms. The Bertz CT molecular complexity index is 926. The number of nitrogens with one attached hydrogen (secondary N) is 3. The molecule has 3 rings (SSSR count). The van der Waals surface area contributed by atoms with E-state index in [4.69, 9.17) is 35.9 Å². The number of anilines is 1. The van der Waals surface area contributed by atoms with Gasteiger partial charge >= 0.3 is 0 Å². The van der Waals surface area contributed by atoms with E-state index in [1.165, 1.54) is 0 Å². The van der Waals surface area contributed by atoms with E-state index in [2.05, 4.69) is 16.2 Å². The number of rotatable bonds is 8. The molecular weight excluding hydrogens is 422 g/mol. The van der Waals surface area contributed by atoms with Crippen LogP contribution in [0.15, 0.2) is 30.3 Å². The molecule has 9 nitrogen and oxygen atoms in total. The van der Waals surface area contributed by atoms with Crippen LogP contribution in [0.4, 0.5) is 5.69 Å². The summed E-state index contributed by atoms with van der Waals surface area (Å²) in [6.07, 6.45) is 0. The van der Waals surface area contributed by atoms with Crippen LogP contribution in [0.5, 0.6) is 28.7 Å². The number of benzene rings is 2. The lowest BCUT2D eigenvalue weighted by Crippen LogP contribution is -2.43. The van der Waals surface area contributed by atoms with E-state index in [1.807, 2.05) is 20.8 Å². The normalized spacial score (nSPS) is 11.5. The molecule has 3 N–H and O–H groups in total. The number of amides is 1. The van der Waals surface area contributed by atoms with Crippen molar-refractivity contribution in [3.63, 3.8) is 0 Å². The topological polar surface area (TPSA) is 99.3 Å². The number of carbonyl (C=O) groups is 1. The zero-order chi connectivity index (χ0) is 22.2. The minimum absolute atomic E-state index is 0.188. The van der Waals surface area contributed by atoms with Crippen molar-refractivity contribution in [3.8, 4) is 28.7 Å². The Kier molecular flexibility index (Phi) is 7.60. The Labute approximate surface area is 185 Å². The Morgan fingerprint density at radius 2 is 1.58 bits per heavy atom. The molecule has 1 amide bonds. The SMILES string of the molecule is CCOc1cc(C(=O)NNC(=S)Nc2ccc3c(c2)OCO3)cc(OCC)c1OCC. The summed E-state index contributed by atoms with van der Waals surface area (Å²) in [7, 11) is 0. The van der Waals surface area contributed by atoms with Crippen molar-refractivity contribution in [1.29, 1.82) is 0 Å². The molecule has 2 aromatic carbocycles. The molecule has 0 atom stereocenters. The monoisotopic (exact) mass is 447 g/mol. The van der Waals surface area contributed by atoms with E-state index in [9.17, 15) is 4.79 Å². The number of fused-ring (bicyclic) bond motifs is 1. The number of hydrogen-bond acceptors (Lipinski definition) is 7. The predicted molar refractivity (Wildman–Crippen MR) is 119 cm³/mol. The van der Waals surface area contributed by atoms with Gasteiger partial charge in [0.25, 0.3) is 5.91 Å².